The molecule has 2 aliphatic rings. The van der Waals surface area contributed by atoms with Gasteiger partial charge in [-0.1, -0.05) is 0 Å². The van der Waals surface area contributed by atoms with Crippen LogP contribution in [0.15, 0.2) is 33.3 Å². The Balaban J connectivity index is 1.57. The van der Waals surface area contributed by atoms with Crippen LogP contribution >= 0.6 is 22.9 Å². The van der Waals surface area contributed by atoms with Crippen molar-refractivity contribution in [2.24, 2.45) is 0 Å². The Morgan fingerprint density at radius 3 is 2.60 bits per heavy atom. The number of carboxylic acid groups (broad SMARTS) is 1. The van der Waals surface area contributed by atoms with E-state index >= 15 is 0 Å². The molecule has 2 bridgehead atoms. The molecule has 14 heteroatoms. The molecule has 1 N–H and O–H groups in total. The molecule has 0 amide bonds. The zero-order chi connectivity index (χ0) is 30.6. The van der Waals surface area contributed by atoms with Crippen LogP contribution in [0.4, 0.5) is 4.39 Å². The average Bonchev–Trinajstić information content (AvgIpc) is 3.69. The molecule has 0 unspecified atom stereocenters. The summed E-state index contributed by atoms with van der Waals surface area (Å²) >= 11 is 2.32. The van der Waals surface area contributed by atoms with Crippen molar-refractivity contribution >= 4 is 39.1 Å². The maximum atomic E-state index is 14.7. The molecule has 3 aromatic heterocycles. The molecule has 228 valence electrons. The number of methoxy groups -OCH3 is 1. The van der Waals surface area contributed by atoms with Gasteiger partial charge in [-0.2, -0.15) is 4.37 Å². The van der Waals surface area contributed by atoms with E-state index in [4.69, 9.17) is 14.2 Å². The fraction of sp³-hybridized carbons (Fsp3) is 0.483. The van der Waals surface area contributed by atoms with Gasteiger partial charge < -0.3 is 19.3 Å². The quantitative estimate of drug-likeness (QED) is 0.284. The molecule has 1 aromatic carbocycles. The van der Waals surface area contributed by atoms with Crippen LogP contribution in [0.2, 0.25) is 0 Å². The standard InChI is InChI=1S/C29H31FN4O7S2/c1-14-22-25(35)34(29(2,3)27(36)37)28(38)33(26(22)43-23(14)24-31-13-42-32-24)12-21(19-9-15(30)5-8-20(19)39-4)41-18-10-16-6-7-17(11-18)40-16/h5,8-9,13,16-18,21H,6-7,10-12H2,1-4H3,(H,36,37)/t16-,17-,21+/m1/s1. The van der Waals surface area contributed by atoms with E-state index in [2.05, 4.69) is 9.36 Å². The normalized spacial score (nSPS) is 20.9. The summed E-state index contributed by atoms with van der Waals surface area (Å²) in [5, 5.41) is 10.2. The Labute approximate surface area is 253 Å². The van der Waals surface area contributed by atoms with E-state index in [1.165, 1.54) is 55.1 Å². The van der Waals surface area contributed by atoms with Crippen molar-refractivity contribution in [2.75, 3.05) is 7.11 Å². The van der Waals surface area contributed by atoms with Crippen LogP contribution in [0.3, 0.4) is 0 Å². The molecule has 0 spiro atoms. The molecule has 2 aliphatic heterocycles. The van der Waals surface area contributed by atoms with Gasteiger partial charge in [0.2, 0.25) is 0 Å². The van der Waals surface area contributed by atoms with E-state index in [1.54, 1.807) is 12.4 Å². The molecule has 4 aromatic rings. The molecule has 2 saturated heterocycles. The molecule has 0 radical (unpaired) electrons. The van der Waals surface area contributed by atoms with Gasteiger partial charge in [0.05, 0.1) is 42.2 Å². The first kappa shape index (κ1) is 29.6. The second-order valence-electron chi connectivity index (χ2n) is 11.5. The third-order valence-electron chi connectivity index (χ3n) is 8.35. The summed E-state index contributed by atoms with van der Waals surface area (Å²) in [5.41, 5.74) is -0.912. The maximum absolute atomic E-state index is 14.7. The fourth-order valence-electron chi connectivity index (χ4n) is 6.07. The van der Waals surface area contributed by atoms with Crippen molar-refractivity contribution in [3.05, 3.63) is 61.5 Å². The van der Waals surface area contributed by atoms with E-state index in [-0.39, 0.29) is 30.2 Å². The van der Waals surface area contributed by atoms with Gasteiger partial charge in [-0.3, -0.25) is 9.36 Å². The number of carboxylic acids is 1. The highest BCUT2D eigenvalue weighted by Gasteiger charge is 2.39. The largest absolute Gasteiger partial charge is 0.496 e. The van der Waals surface area contributed by atoms with E-state index in [0.717, 1.165) is 28.9 Å². The molecule has 43 heavy (non-hydrogen) atoms. The lowest BCUT2D eigenvalue weighted by molar-refractivity contribution is -0.146. The Morgan fingerprint density at radius 2 is 1.98 bits per heavy atom. The van der Waals surface area contributed by atoms with Crippen LogP contribution in [0.5, 0.6) is 5.75 Å². The van der Waals surface area contributed by atoms with Gasteiger partial charge in [-0.15, -0.1) is 11.3 Å². The minimum absolute atomic E-state index is 0.0691. The molecule has 0 aliphatic carbocycles. The van der Waals surface area contributed by atoms with Crippen molar-refractivity contribution in [1.82, 2.24) is 18.5 Å². The summed E-state index contributed by atoms with van der Waals surface area (Å²) < 4.78 is 39.4. The van der Waals surface area contributed by atoms with Gasteiger partial charge in [0, 0.05) is 5.56 Å². The Morgan fingerprint density at radius 1 is 1.26 bits per heavy atom. The van der Waals surface area contributed by atoms with Crippen LogP contribution in [0, 0.1) is 12.7 Å². The van der Waals surface area contributed by atoms with Gasteiger partial charge in [-0.05, 0) is 81.7 Å². The topological polar surface area (TPSA) is 135 Å². The molecule has 0 saturated carbocycles. The van der Waals surface area contributed by atoms with Gasteiger partial charge >= 0.3 is 11.7 Å². The predicted octanol–water partition coefficient (Wildman–Crippen LogP) is 4.49. The summed E-state index contributed by atoms with van der Waals surface area (Å²) in [7, 11) is 1.47. The first-order chi connectivity index (χ1) is 20.5. The number of nitrogens with zero attached hydrogens (tertiary/aromatic N) is 4. The fourth-order valence-corrected chi connectivity index (χ4v) is 7.80. The number of aryl methyl sites for hydroxylation is 1. The SMILES string of the molecule is COc1ccc(F)cc1[C@H](Cn1c(=O)n(C(C)(C)C(=O)O)c(=O)c2c(C)c(-c3ncsn3)sc21)OC1C[C@H]2CC[C@H](C1)O2. The molecule has 5 heterocycles. The van der Waals surface area contributed by atoms with Gasteiger partial charge in [0.25, 0.3) is 5.56 Å². The molecule has 2 fully saturated rings. The second-order valence-corrected chi connectivity index (χ2v) is 13.1. The number of aliphatic carboxylic acids is 1. The van der Waals surface area contributed by atoms with Crippen molar-refractivity contribution < 1.29 is 28.5 Å². The van der Waals surface area contributed by atoms with E-state index in [1.807, 2.05) is 0 Å². The van der Waals surface area contributed by atoms with Crippen LogP contribution in [-0.4, -0.2) is 55.0 Å². The Hall–Kier alpha value is -3.46. The average molecular weight is 631 g/mol. The number of aromatic nitrogens is 4. The summed E-state index contributed by atoms with van der Waals surface area (Å²) in [6.45, 7) is 4.20. The number of ether oxygens (including phenoxy) is 3. The number of hydrogen-bond donors (Lipinski definition) is 1. The number of hydrogen-bond acceptors (Lipinski definition) is 10. The number of halogens is 1. The zero-order valence-corrected chi connectivity index (χ0v) is 25.7. The summed E-state index contributed by atoms with van der Waals surface area (Å²) in [4.78, 5) is 45.6. The highest BCUT2D eigenvalue weighted by atomic mass is 32.1. The van der Waals surface area contributed by atoms with Gasteiger partial charge in [-0.25, -0.2) is 23.5 Å². The third kappa shape index (κ3) is 5.19. The monoisotopic (exact) mass is 630 g/mol. The van der Waals surface area contributed by atoms with Crippen LogP contribution in [-0.2, 0) is 26.4 Å². The second kappa shape index (κ2) is 11.2. The van der Waals surface area contributed by atoms with Crippen LogP contribution in [0.1, 0.15) is 56.8 Å². The molecule has 3 atom stereocenters. The van der Waals surface area contributed by atoms with Crippen molar-refractivity contribution in [1.29, 1.82) is 0 Å². The molecule has 6 rings (SSSR count). The van der Waals surface area contributed by atoms with E-state index in [9.17, 15) is 23.9 Å². The minimum atomic E-state index is -1.87. The van der Waals surface area contributed by atoms with Gasteiger partial charge in [0.15, 0.2) is 5.82 Å². The van der Waals surface area contributed by atoms with Crippen LogP contribution < -0.4 is 16.0 Å². The first-order valence-corrected chi connectivity index (χ1v) is 15.6. The van der Waals surface area contributed by atoms with Crippen molar-refractivity contribution in [3.63, 3.8) is 0 Å². The Bertz CT molecular complexity index is 1800. The molecule has 11 nitrogen and oxygen atoms in total. The lowest BCUT2D eigenvalue weighted by Crippen LogP contribution is -2.52. The third-order valence-corrected chi connectivity index (χ3v) is 10.1. The Kier molecular flexibility index (Phi) is 7.73. The molecular weight excluding hydrogens is 599 g/mol. The van der Waals surface area contributed by atoms with E-state index < -0.39 is 34.7 Å². The van der Waals surface area contributed by atoms with Gasteiger partial charge in [0.1, 0.15) is 33.6 Å². The van der Waals surface area contributed by atoms with Crippen molar-refractivity contribution in [3.8, 4) is 16.5 Å². The first-order valence-electron chi connectivity index (χ1n) is 13.9. The lowest BCUT2D eigenvalue weighted by Gasteiger charge is -2.33. The van der Waals surface area contributed by atoms with E-state index in [0.29, 0.717) is 45.3 Å². The van der Waals surface area contributed by atoms with Crippen LogP contribution in [0.25, 0.3) is 20.9 Å². The lowest BCUT2D eigenvalue weighted by atomic mass is 10.0. The number of rotatable bonds is 9. The smallest absolute Gasteiger partial charge is 0.333 e. The number of benzene rings is 1. The highest BCUT2D eigenvalue weighted by molar-refractivity contribution is 7.22. The number of carbonyl (C=O) groups is 1. The summed E-state index contributed by atoms with van der Waals surface area (Å²) in [6, 6.07) is 4.10. The summed E-state index contributed by atoms with van der Waals surface area (Å²) in [6.07, 6.45) is 2.22. The minimum Gasteiger partial charge on any atom is -0.496 e. The predicted molar refractivity (Wildman–Crippen MR) is 159 cm³/mol. The summed E-state index contributed by atoms with van der Waals surface area (Å²) in [5.74, 6) is -1.07. The molecular formula is C29H31FN4O7S2. The van der Waals surface area contributed by atoms with Crippen molar-refractivity contribution in [2.45, 2.75) is 83.0 Å². The number of fused-ring (bicyclic) bond motifs is 3. The zero-order valence-electron chi connectivity index (χ0n) is 24.0. The highest BCUT2D eigenvalue weighted by Crippen LogP contribution is 2.40. The maximum Gasteiger partial charge on any atom is 0.333 e. The number of thiophene rings is 1.